The number of hydrogen-bond acceptors (Lipinski definition) is 2. The van der Waals surface area contributed by atoms with Crippen molar-refractivity contribution in [3.05, 3.63) is 0 Å². The molecule has 0 fully saturated rings. The van der Waals surface area contributed by atoms with Crippen LogP contribution in [0.2, 0.25) is 0 Å². The lowest BCUT2D eigenvalue weighted by Gasteiger charge is -2.34. The van der Waals surface area contributed by atoms with Crippen LogP contribution < -0.4 is 0 Å². The summed E-state index contributed by atoms with van der Waals surface area (Å²) in [7, 11) is 1.84. The number of nitriles is 1. The third-order valence-electron chi connectivity index (χ3n) is 3.77. The zero-order valence-corrected chi connectivity index (χ0v) is 13.5. The summed E-state index contributed by atoms with van der Waals surface area (Å²) in [5.41, 5.74) is -0.816. The minimum Gasteiger partial charge on any atom is -0.342 e. The minimum atomic E-state index is -0.816. The van der Waals surface area contributed by atoms with Gasteiger partial charge in [-0.05, 0) is 32.1 Å². The Balaban J connectivity index is 5.03. The molecule has 0 heterocycles. The van der Waals surface area contributed by atoms with Gasteiger partial charge >= 0.3 is 0 Å². The van der Waals surface area contributed by atoms with Crippen LogP contribution in [0.15, 0.2) is 0 Å². The average molecular weight is 266 g/mol. The van der Waals surface area contributed by atoms with Gasteiger partial charge in [-0.25, -0.2) is 0 Å². The molecule has 1 unspecified atom stereocenters. The van der Waals surface area contributed by atoms with Crippen LogP contribution in [0.5, 0.6) is 0 Å². The highest BCUT2D eigenvalue weighted by Gasteiger charge is 2.40. The molecule has 3 nitrogen and oxygen atoms in total. The summed E-state index contributed by atoms with van der Waals surface area (Å²) >= 11 is 0. The van der Waals surface area contributed by atoms with E-state index in [1.807, 2.05) is 20.9 Å². The number of rotatable bonds is 8. The first-order chi connectivity index (χ1) is 8.84. The lowest BCUT2D eigenvalue weighted by atomic mass is 9.79. The third kappa shape index (κ3) is 4.86. The molecule has 0 saturated heterocycles. The van der Waals surface area contributed by atoms with E-state index < -0.39 is 5.41 Å². The topological polar surface area (TPSA) is 44.1 Å². The molecule has 19 heavy (non-hydrogen) atoms. The first kappa shape index (κ1) is 18.0. The van der Waals surface area contributed by atoms with Crippen molar-refractivity contribution in [3.8, 4) is 6.07 Å². The molecule has 0 aliphatic rings. The molecule has 0 aromatic heterocycles. The second-order valence-electron chi connectivity index (χ2n) is 6.09. The summed E-state index contributed by atoms with van der Waals surface area (Å²) in [5.74, 6) is 0.561. The second-order valence-corrected chi connectivity index (χ2v) is 6.09. The number of carbonyl (C=O) groups is 1. The highest BCUT2D eigenvalue weighted by Crippen LogP contribution is 2.32. The molecule has 3 heteroatoms. The van der Waals surface area contributed by atoms with Crippen LogP contribution in [0.3, 0.4) is 0 Å². The van der Waals surface area contributed by atoms with Crippen molar-refractivity contribution in [2.45, 2.75) is 72.8 Å². The standard InChI is InChI=1S/C16H30N2O/c1-7-9-16(12-17,10-8-2)15(19)18(6)14(5)11-13(3)4/h13-14H,7-11H2,1-6H3. The average Bonchev–Trinajstić information content (AvgIpc) is 2.35. The zero-order chi connectivity index (χ0) is 15.1. The molecule has 0 spiro atoms. The third-order valence-corrected chi connectivity index (χ3v) is 3.77. The molecule has 0 N–H and O–H groups in total. The van der Waals surface area contributed by atoms with Crippen molar-refractivity contribution < 1.29 is 4.79 Å². The van der Waals surface area contributed by atoms with E-state index in [9.17, 15) is 10.1 Å². The van der Waals surface area contributed by atoms with E-state index in [-0.39, 0.29) is 11.9 Å². The van der Waals surface area contributed by atoms with Gasteiger partial charge in [-0.3, -0.25) is 4.79 Å². The summed E-state index contributed by atoms with van der Waals surface area (Å²) in [4.78, 5) is 14.5. The summed E-state index contributed by atoms with van der Waals surface area (Å²) in [6.07, 6.45) is 4.03. The lowest BCUT2D eigenvalue weighted by molar-refractivity contribution is -0.140. The molecule has 0 aliphatic carbocycles. The Morgan fingerprint density at radius 2 is 1.68 bits per heavy atom. The van der Waals surface area contributed by atoms with Gasteiger partial charge < -0.3 is 4.90 Å². The van der Waals surface area contributed by atoms with Crippen molar-refractivity contribution >= 4 is 5.91 Å². The number of hydrogen-bond donors (Lipinski definition) is 0. The smallest absolute Gasteiger partial charge is 0.243 e. The van der Waals surface area contributed by atoms with Gasteiger partial charge in [0.05, 0.1) is 6.07 Å². The van der Waals surface area contributed by atoms with E-state index in [2.05, 4.69) is 26.8 Å². The molecule has 0 bridgehead atoms. The van der Waals surface area contributed by atoms with Gasteiger partial charge in [-0.2, -0.15) is 5.26 Å². The van der Waals surface area contributed by atoms with Gasteiger partial charge in [0.1, 0.15) is 5.41 Å². The molecule has 0 radical (unpaired) electrons. The van der Waals surface area contributed by atoms with Crippen LogP contribution in [0.1, 0.15) is 66.7 Å². The van der Waals surface area contributed by atoms with Gasteiger partial charge in [0.25, 0.3) is 0 Å². The fraction of sp³-hybridized carbons (Fsp3) is 0.875. The Kier molecular flexibility index (Phi) is 7.75. The first-order valence-corrected chi connectivity index (χ1v) is 7.53. The van der Waals surface area contributed by atoms with Gasteiger partial charge in [0.2, 0.25) is 5.91 Å². The van der Waals surface area contributed by atoms with E-state index in [1.165, 1.54) is 0 Å². The summed E-state index contributed by atoms with van der Waals surface area (Å²) in [6, 6.07) is 2.50. The summed E-state index contributed by atoms with van der Waals surface area (Å²) < 4.78 is 0. The van der Waals surface area contributed by atoms with E-state index in [0.717, 1.165) is 19.3 Å². The van der Waals surface area contributed by atoms with Gasteiger partial charge in [0.15, 0.2) is 0 Å². The fourth-order valence-electron chi connectivity index (χ4n) is 2.73. The Bertz CT molecular complexity index is 311. The lowest BCUT2D eigenvalue weighted by Crippen LogP contribution is -2.45. The van der Waals surface area contributed by atoms with Crippen molar-refractivity contribution in [3.63, 3.8) is 0 Å². The van der Waals surface area contributed by atoms with Crippen molar-refractivity contribution in [2.24, 2.45) is 11.3 Å². The van der Waals surface area contributed by atoms with E-state index in [0.29, 0.717) is 18.8 Å². The Morgan fingerprint density at radius 3 is 2.00 bits per heavy atom. The van der Waals surface area contributed by atoms with E-state index in [1.54, 1.807) is 4.90 Å². The molecule has 1 amide bonds. The largest absolute Gasteiger partial charge is 0.342 e. The monoisotopic (exact) mass is 266 g/mol. The van der Waals surface area contributed by atoms with Crippen LogP contribution in [-0.4, -0.2) is 23.9 Å². The SMILES string of the molecule is CCCC(C#N)(CCC)C(=O)N(C)C(C)CC(C)C. The number of amides is 1. The second kappa shape index (κ2) is 8.19. The van der Waals surface area contributed by atoms with Crippen LogP contribution >= 0.6 is 0 Å². The van der Waals surface area contributed by atoms with Gasteiger partial charge in [-0.1, -0.05) is 40.5 Å². The Hall–Kier alpha value is -1.04. The predicted octanol–water partition coefficient (Wildman–Crippen LogP) is 3.99. The van der Waals surface area contributed by atoms with Crippen LogP contribution in [0.4, 0.5) is 0 Å². The molecule has 110 valence electrons. The zero-order valence-electron chi connectivity index (χ0n) is 13.5. The molecule has 0 aromatic carbocycles. The van der Waals surface area contributed by atoms with Gasteiger partial charge in [-0.15, -0.1) is 0 Å². The molecule has 0 aliphatic heterocycles. The van der Waals surface area contributed by atoms with Crippen LogP contribution in [-0.2, 0) is 4.79 Å². The maximum absolute atomic E-state index is 12.7. The van der Waals surface area contributed by atoms with Gasteiger partial charge in [0, 0.05) is 13.1 Å². The molecular weight excluding hydrogens is 236 g/mol. The fourth-order valence-corrected chi connectivity index (χ4v) is 2.73. The molecule has 0 saturated carbocycles. The first-order valence-electron chi connectivity index (χ1n) is 7.53. The summed E-state index contributed by atoms with van der Waals surface area (Å²) in [6.45, 7) is 10.5. The van der Waals surface area contributed by atoms with Crippen molar-refractivity contribution in [1.29, 1.82) is 5.26 Å². The quantitative estimate of drug-likeness (QED) is 0.666. The van der Waals surface area contributed by atoms with E-state index >= 15 is 0 Å². The molecule has 1 atom stereocenters. The Morgan fingerprint density at radius 1 is 1.21 bits per heavy atom. The van der Waals surface area contributed by atoms with Crippen LogP contribution in [0, 0.1) is 22.7 Å². The van der Waals surface area contributed by atoms with Crippen molar-refractivity contribution in [2.75, 3.05) is 7.05 Å². The number of nitrogens with zero attached hydrogens (tertiary/aromatic N) is 2. The summed E-state index contributed by atoms with van der Waals surface area (Å²) in [5, 5.41) is 9.52. The molecule has 0 aromatic rings. The highest BCUT2D eigenvalue weighted by atomic mass is 16.2. The highest BCUT2D eigenvalue weighted by molar-refractivity contribution is 5.85. The van der Waals surface area contributed by atoms with Crippen LogP contribution in [0.25, 0.3) is 0 Å². The maximum atomic E-state index is 12.7. The maximum Gasteiger partial charge on any atom is 0.243 e. The number of carbonyl (C=O) groups excluding carboxylic acids is 1. The minimum absolute atomic E-state index is 0.00634. The van der Waals surface area contributed by atoms with Crippen molar-refractivity contribution in [1.82, 2.24) is 4.90 Å². The Labute approximate surface area is 119 Å². The predicted molar refractivity (Wildman–Crippen MR) is 79.5 cm³/mol. The molecule has 0 rings (SSSR count). The molecular formula is C16H30N2O. The normalized spacial score (nSPS) is 13.2. The van der Waals surface area contributed by atoms with E-state index in [4.69, 9.17) is 0 Å².